The van der Waals surface area contributed by atoms with Crippen LogP contribution in [-0.2, 0) is 4.79 Å². The lowest BCUT2D eigenvalue weighted by atomic mass is 10.2. The van der Waals surface area contributed by atoms with Gasteiger partial charge in [-0.15, -0.1) is 0 Å². The van der Waals surface area contributed by atoms with Crippen molar-refractivity contribution in [3.8, 4) is 5.75 Å². The van der Waals surface area contributed by atoms with E-state index in [4.69, 9.17) is 4.74 Å². The van der Waals surface area contributed by atoms with Crippen LogP contribution in [0.5, 0.6) is 5.75 Å². The third kappa shape index (κ3) is 3.11. The van der Waals surface area contributed by atoms with Gasteiger partial charge >= 0.3 is 5.97 Å². The molecule has 0 heterocycles. The first kappa shape index (κ1) is 10.1. The molecule has 0 fully saturated rings. The van der Waals surface area contributed by atoms with Crippen LogP contribution in [-0.4, -0.2) is 11.7 Å². The maximum atomic E-state index is 11.1. The number of para-hydroxylation sites is 1. The molecule has 0 spiro atoms. The highest BCUT2D eigenvalue weighted by atomic mass is 32.1. The lowest BCUT2D eigenvalue weighted by Crippen LogP contribution is -2.08. The summed E-state index contributed by atoms with van der Waals surface area (Å²) in [6.45, 7) is 1.91. The molecule has 1 aromatic rings. The smallest absolute Gasteiger partial charge is 0.312 e. The van der Waals surface area contributed by atoms with Crippen molar-refractivity contribution in [1.29, 1.82) is 0 Å². The van der Waals surface area contributed by atoms with Crippen LogP contribution in [0.25, 0.3) is 0 Å². The van der Waals surface area contributed by atoms with Gasteiger partial charge in [0, 0.05) is 5.75 Å². The Labute approximate surface area is 83.3 Å². The predicted octanol–water partition coefficient (Wildman–Crippen LogP) is 2.22. The van der Waals surface area contributed by atoms with Crippen LogP contribution in [0.4, 0.5) is 0 Å². The molecular formula is C10H12O2S. The summed E-state index contributed by atoms with van der Waals surface area (Å²) in [5.41, 5.74) is 0.968. The van der Waals surface area contributed by atoms with Crippen molar-refractivity contribution >= 4 is 18.6 Å². The average Bonchev–Trinajstić information content (AvgIpc) is 2.09. The Morgan fingerprint density at radius 3 is 2.77 bits per heavy atom. The summed E-state index contributed by atoms with van der Waals surface area (Å²) >= 11 is 3.95. The predicted molar refractivity (Wildman–Crippen MR) is 55.3 cm³/mol. The van der Waals surface area contributed by atoms with Gasteiger partial charge in [0.25, 0.3) is 0 Å². The Hall–Kier alpha value is -0.960. The van der Waals surface area contributed by atoms with E-state index in [1.165, 1.54) is 0 Å². The van der Waals surface area contributed by atoms with E-state index in [0.29, 0.717) is 17.9 Å². The molecule has 0 aliphatic carbocycles. The van der Waals surface area contributed by atoms with Crippen LogP contribution in [0, 0.1) is 6.92 Å². The lowest BCUT2D eigenvalue weighted by molar-refractivity contribution is -0.133. The Bertz CT molecular complexity index is 297. The van der Waals surface area contributed by atoms with E-state index >= 15 is 0 Å². The van der Waals surface area contributed by atoms with Crippen molar-refractivity contribution in [2.45, 2.75) is 13.3 Å². The van der Waals surface area contributed by atoms with E-state index in [1.807, 2.05) is 25.1 Å². The molecular weight excluding hydrogens is 184 g/mol. The highest BCUT2D eigenvalue weighted by Crippen LogP contribution is 2.16. The van der Waals surface area contributed by atoms with Crippen molar-refractivity contribution in [2.75, 3.05) is 5.75 Å². The number of carbonyl (C=O) groups excluding carboxylic acids is 1. The molecule has 0 bridgehead atoms. The second kappa shape index (κ2) is 4.92. The number of rotatable bonds is 3. The van der Waals surface area contributed by atoms with E-state index < -0.39 is 0 Å². The molecule has 0 radical (unpaired) electrons. The number of hydrogen-bond donors (Lipinski definition) is 1. The van der Waals surface area contributed by atoms with Gasteiger partial charge in [-0.1, -0.05) is 18.2 Å². The zero-order valence-electron chi connectivity index (χ0n) is 7.49. The summed E-state index contributed by atoms with van der Waals surface area (Å²) in [4.78, 5) is 11.1. The Morgan fingerprint density at radius 1 is 1.46 bits per heavy atom. The summed E-state index contributed by atoms with van der Waals surface area (Å²) in [6, 6.07) is 7.44. The summed E-state index contributed by atoms with van der Waals surface area (Å²) in [5.74, 6) is 0.920. The van der Waals surface area contributed by atoms with E-state index in [9.17, 15) is 4.79 Å². The van der Waals surface area contributed by atoms with Gasteiger partial charge in [-0.25, -0.2) is 0 Å². The SMILES string of the molecule is Cc1ccccc1OC(=O)CCS. The first-order valence-electron chi connectivity index (χ1n) is 4.11. The monoisotopic (exact) mass is 196 g/mol. The zero-order valence-corrected chi connectivity index (χ0v) is 8.38. The Balaban J connectivity index is 2.63. The van der Waals surface area contributed by atoms with Gasteiger partial charge in [-0.3, -0.25) is 4.79 Å². The minimum Gasteiger partial charge on any atom is -0.426 e. The fraction of sp³-hybridized carbons (Fsp3) is 0.300. The van der Waals surface area contributed by atoms with E-state index in [0.717, 1.165) is 5.56 Å². The second-order valence-electron chi connectivity index (χ2n) is 2.71. The second-order valence-corrected chi connectivity index (χ2v) is 3.16. The van der Waals surface area contributed by atoms with Crippen molar-refractivity contribution < 1.29 is 9.53 Å². The lowest BCUT2D eigenvalue weighted by Gasteiger charge is -2.05. The first-order chi connectivity index (χ1) is 6.24. The van der Waals surface area contributed by atoms with Gasteiger partial charge in [0.05, 0.1) is 6.42 Å². The standard InChI is InChI=1S/C10H12O2S/c1-8-4-2-3-5-9(8)12-10(11)6-7-13/h2-5,13H,6-7H2,1H3. The van der Waals surface area contributed by atoms with E-state index in [1.54, 1.807) is 6.07 Å². The number of carbonyl (C=O) groups is 1. The summed E-state index contributed by atoms with van der Waals surface area (Å²) in [7, 11) is 0. The molecule has 70 valence electrons. The third-order valence-corrected chi connectivity index (χ3v) is 1.86. The normalized spacial score (nSPS) is 9.69. The number of ether oxygens (including phenoxy) is 1. The fourth-order valence-electron chi connectivity index (χ4n) is 0.936. The molecule has 2 nitrogen and oxygen atoms in total. The molecule has 1 rings (SSSR count). The molecule has 0 aromatic heterocycles. The van der Waals surface area contributed by atoms with Gasteiger partial charge in [0.2, 0.25) is 0 Å². The zero-order chi connectivity index (χ0) is 9.68. The Morgan fingerprint density at radius 2 is 2.15 bits per heavy atom. The molecule has 13 heavy (non-hydrogen) atoms. The summed E-state index contributed by atoms with van der Waals surface area (Å²) < 4.78 is 5.10. The van der Waals surface area contributed by atoms with Crippen LogP contribution in [0.2, 0.25) is 0 Å². The van der Waals surface area contributed by atoms with E-state index in [2.05, 4.69) is 12.6 Å². The van der Waals surface area contributed by atoms with Crippen LogP contribution in [0.3, 0.4) is 0 Å². The van der Waals surface area contributed by atoms with Crippen molar-refractivity contribution in [2.24, 2.45) is 0 Å². The van der Waals surface area contributed by atoms with Gasteiger partial charge in [-0.05, 0) is 18.6 Å². The average molecular weight is 196 g/mol. The number of hydrogen-bond acceptors (Lipinski definition) is 3. The number of benzene rings is 1. The molecule has 3 heteroatoms. The molecule has 0 N–H and O–H groups in total. The molecule has 1 aromatic carbocycles. The molecule has 0 aliphatic rings. The minimum absolute atomic E-state index is 0.232. The van der Waals surface area contributed by atoms with Crippen molar-refractivity contribution in [3.05, 3.63) is 29.8 Å². The molecule has 0 amide bonds. The van der Waals surface area contributed by atoms with Crippen molar-refractivity contribution in [1.82, 2.24) is 0 Å². The highest BCUT2D eigenvalue weighted by Gasteiger charge is 2.04. The topological polar surface area (TPSA) is 26.3 Å². The molecule has 0 atom stereocenters. The summed E-state index contributed by atoms with van der Waals surface area (Å²) in [6.07, 6.45) is 0.345. The fourth-order valence-corrected chi connectivity index (χ4v) is 1.12. The molecule has 0 saturated carbocycles. The van der Waals surface area contributed by atoms with Gasteiger partial charge < -0.3 is 4.74 Å². The van der Waals surface area contributed by atoms with Crippen LogP contribution in [0.15, 0.2) is 24.3 Å². The van der Waals surface area contributed by atoms with Crippen LogP contribution in [0.1, 0.15) is 12.0 Å². The van der Waals surface area contributed by atoms with Crippen LogP contribution < -0.4 is 4.74 Å². The highest BCUT2D eigenvalue weighted by molar-refractivity contribution is 7.80. The van der Waals surface area contributed by atoms with Crippen molar-refractivity contribution in [3.63, 3.8) is 0 Å². The number of thiol groups is 1. The number of esters is 1. The maximum absolute atomic E-state index is 11.1. The van der Waals surface area contributed by atoms with E-state index in [-0.39, 0.29) is 5.97 Å². The van der Waals surface area contributed by atoms with Crippen LogP contribution >= 0.6 is 12.6 Å². The quantitative estimate of drug-likeness (QED) is 0.456. The molecule has 0 unspecified atom stereocenters. The van der Waals surface area contributed by atoms with Gasteiger partial charge in [0.1, 0.15) is 5.75 Å². The Kier molecular flexibility index (Phi) is 3.83. The first-order valence-corrected chi connectivity index (χ1v) is 4.74. The summed E-state index contributed by atoms with van der Waals surface area (Å²) in [5, 5.41) is 0. The van der Waals surface area contributed by atoms with Gasteiger partial charge in [-0.2, -0.15) is 12.6 Å². The molecule has 0 saturated heterocycles. The number of aryl methyl sites for hydroxylation is 1. The molecule has 0 aliphatic heterocycles. The maximum Gasteiger partial charge on any atom is 0.312 e. The third-order valence-electron chi connectivity index (χ3n) is 1.63. The van der Waals surface area contributed by atoms with Gasteiger partial charge in [0.15, 0.2) is 0 Å². The largest absolute Gasteiger partial charge is 0.426 e. The minimum atomic E-state index is -0.232.